The van der Waals surface area contributed by atoms with E-state index in [0.717, 1.165) is 5.56 Å². The number of hydrogen-bond donors (Lipinski definition) is 3. The maximum Gasteiger partial charge on any atom is 0.407 e. The lowest BCUT2D eigenvalue weighted by atomic mass is 10.1. The van der Waals surface area contributed by atoms with Crippen molar-refractivity contribution in [3.63, 3.8) is 0 Å². The van der Waals surface area contributed by atoms with Crippen molar-refractivity contribution in [3.05, 3.63) is 53.6 Å². The summed E-state index contributed by atoms with van der Waals surface area (Å²) in [6.45, 7) is 5.81. The highest BCUT2D eigenvalue weighted by Crippen LogP contribution is 2.29. The summed E-state index contributed by atoms with van der Waals surface area (Å²) in [6, 6.07) is 12.2. The average molecular weight is 458 g/mol. The van der Waals surface area contributed by atoms with Gasteiger partial charge in [-0.3, -0.25) is 9.59 Å². The van der Waals surface area contributed by atoms with Gasteiger partial charge in [-0.05, 0) is 50.6 Å². The van der Waals surface area contributed by atoms with Crippen LogP contribution in [0.2, 0.25) is 0 Å². The Kier molecular flexibility index (Phi) is 9.08. The fourth-order valence-corrected chi connectivity index (χ4v) is 2.86. The minimum Gasteiger partial charge on any atom is -0.496 e. The molecule has 2 aromatic rings. The summed E-state index contributed by atoms with van der Waals surface area (Å²) < 4.78 is 15.7. The van der Waals surface area contributed by atoms with Crippen LogP contribution in [0.1, 0.15) is 43.1 Å². The third-order valence-electron chi connectivity index (χ3n) is 4.38. The monoisotopic (exact) mass is 457 g/mol. The van der Waals surface area contributed by atoms with E-state index in [9.17, 15) is 14.4 Å². The van der Waals surface area contributed by atoms with Gasteiger partial charge in [-0.1, -0.05) is 18.2 Å². The third-order valence-corrected chi connectivity index (χ3v) is 4.38. The molecule has 33 heavy (non-hydrogen) atoms. The van der Waals surface area contributed by atoms with Gasteiger partial charge in [0.2, 0.25) is 5.91 Å². The largest absolute Gasteiger partial charge is 0.496 e. The van der Waals surface area contributed by atoms with Crippen LogP contribution in [0.5, 0.6) is 11.5 Å². The van der Waals surface area contributed by atoms with Crippen molar-refractivity contribution in [1.29, 1.82) is 0 Å². The first-order valence-electron chi connectivity index (χ1n) is 10.5. The smallest absolute Gasteiger partial charge is 0.407 e. The van der Waals surface area contributed by atoms with E-state index in [-0.39, 0.29) is 24.8 Å². The van der Waals surface area contributed by atoms with Gasteiger partial charge in [0.25, 0.3) is 5.91 Å². The number of rotatable bonds is 9. The predicted molar refractivity (Wildman–Crippen MR) is 125 cm³/mol. The van der Waals surface area contributed by atoms with Gasteiger partial charge < -0.3 is 30.2 Å². The maximum absolute atomic E-state index is 12.7. The van der Waals surface area contributed by atoms with Crippen molar-refractivity contribution in [1.82, 2.24) is 10.6 Å². The first-order chi connectivity index (χ1) is 15.6. The number of amides is 3. The normalized spacial score (nSPS) is 10.7. The van der Waals surface area contributed by atoms with Gasteiger partial charge in [0, 0.05) is 25.2 Å². The highest BCUT2D eigenvalue weighted by atomic mass is 16.6. The number of nitrogens with one attached hydrogen (secondary N) is 3. The Hall–Kier alpha value is -3.75. The molecule has 0 unspecified atom stereocenters. The molecular weight excluding hydrogens is 426 g/mol. The van der Waals surface area contributed by atoms with Gasteiger partial charge in [-0.2, -0.15) is 0 Å². The minimum absolute atomic E-state index is 0.133. The van der Waals surface area contributed by atoms with Crippen molar-refractivity contribution in [2.45, 2.75) is 39.3 Å². The molecule has 0 aromatic heterocycles. The summed E-state index contributed by atoms with van der Waals surface area (Å²) in [5.41, 5.74) is 1.16. The van der Waals surface area contributed by atoms with E-state index in [1.807, 2.05) is 0 Å². The summed E-state index contributed by atoms with van der Waals surface area (Å²) in [4.78, 5) is 36.3. The zero-order valence-corrected chi connectivity index (χ0v) is 19.6. The van der Waals surface area contributed by atoms with Gasteiger partial charge in [0.1, 0.15) is 22.7 Å². The van der Waals surface area contributed by atoms with Gasteiger partial charge in [0.15, 0.2) is 0 Å². The molecule has 0 spiro atoms. The Bertz CT molecular complexity index is 945. The molecule has 0 aliphatic rings. The summed E-state index contributed by atoms with van der Waals surface area (Å²) in [7, 11) is 2.98. The second-order valence-electron chi connectivity index (χ2n) is 8.14. The van der Waals surface area contributed by atoms with Crippen LogP contribution in [0.4, 0.5) is 10.5 Å². The minimum atomic E-state index is -0.586. The quantitative estimate of drug-likeness (QED) is 0.531. The number of carbonyl (C=O) groups is 3. The first-order valence-corrected chi connectivity index (χ1v) is 10.5. The Balaban J connectivity index is 1.83. The molecule has 0 bridgehead atoms. The molecule has 3 N–H and O–H groups in total. The van der Waals surface area contributed by atoms with E-state index in [4.69, 9.17) is 14.2 Å². The van der Waals surface area contributed by atoms with E-state index in [0.29, 0.717) is 29.3 Å². The van der Waals surface area contributed by atoms with Crippen LogP contribution in [0.15, 0.2) is 42.5 Å². The van der Waals surface area contributed by atoms with Crippen LogP contribution in [-0.2, 0) is 16.1 Å². The number of ether oxygens (including phenoxy) is 3. The lowest BCUT2D eigenvalue weighted by Crippen LogP contribution is -2.35. The number of alkyl carbamates (subject to hydrolysis) is 1. The average Bonchev–Trinajstić information content (AvgIpc) is 2.76. The molecule has 0 saturated heterocycles. The Morgan fingerprint density at radius 1 is 0.879 bits per heavy atom. The molecule has 0 aliphatic heterocycles. The van der Waals surface area contributed by atoms with Crippen LogP contribution < -0.4 is 25.4 Å². The van der Waals surface area contributed by atoms with E-state index >= 15 is 0 Å². The molecule has 178 valence electrons. The Morgan fingerprint density at radius 2 is 1.48 bits per heavy atom. The molecule has 0 saturated carbocycles. The second kappa shape index (κ2) is 11.8. The van der Waals surface area contributed by atoms with Crippen molar-refractivity contribution in [3.8, 4) is 11.5 Å². The Labute approximate surface area is 193 Å². The predicted octanol–water partition coefficient (Wildman–Crippen LogP) is 3.49. The first kappa shape index (κ1) is 25.5. The van der Waals surface area contributed by atoms with Crippen LogP contribution in [0, 0.1) is 0 Å². The summed E-state index contributed by atoms with van der Waals surface area (Å²) >= 11 is 0. The zero-order chi connectivity index (χ0) is 24.4. The van der Waals surface area contributed by atoms with E-state index in [1.54, 1.807) is 63.2 Å². The third kappa shape index (κ3) is 8.36. The highest BCUT2D eigenvalue weighted by Gasteiger charge is 2.18. The number of anilines is 1. The zero-order valence-electron chi connectivity index (χ0n) is 19.6. The maximum atomic E-state index is 12.7. The molecule has 0 aliphatic carbocycles. The molecule has 2 rings (SSSR count). The molecule has 9 nitrogen and oxygen atoms in total. The highest BCUT2D eigenvalue weighted by molar-refractivity contribution is 6.08. The van der Waals surface area contributed by atoms with Gasteiger partial charge in [-0.25, -0.2) is 4.79 Å². The number of carbonyl (C=O) groups excluding carboxylic acids is 3. The van der Waals surface area contributed by atoms with E-state index in [2.05, 4.69) is 16.0 Å². The molecule has 9 heteroatoms. The van der Waals surface area contributed by atoms with Crippen LogP contribution in [-0.4, -0.2) is 44.3 Å². The number of methoxy groups -OCH3 is 2. The number of benzene rings is 2. The van der Waals surface area contributed by atoms with Gasteiger partial charge in [-0.15, -0.1) is 0 Å². The standard InChI is InChI=1S/C24H31N3O6/c1-24(2,3)33-23(30)25-14-13-20(28)26-15-16-9-11-17(12-10-16)27-22(29)21-18(31-4)7-6-8-19(21)32-5/h6-12H,13-15H2,1-5H3,(H,25,30)(H,26,28)(H,27,29). The molecule has 0 atom stereocenters. The van der Waals surface area contributed by atoms with E-state index in [1.165, 1.54) is 14.2 Å². The fourth-order valence-electron chi connectivity index (χ4n) is 2.86. The molecule has 0 radical (unpaired) electrons. The van der Waals surface area contributed by atoms with Gasteiger partial charge >= 0.3 is 6.09 Å². The van der Waals surface area contributed by atoms with Crippen molar-refractivity contribution in [2.75, 3.05) is 26.1 Å². The summed E-state index contributed by atoms with van der Waals surface area (Å²) in [5, 5.41) is 8.15. The molecule has 3 amide bonds. The topological polar surface area (TPSA) is 115 Å². The molecular formula is C24H31N3O6. The fraction of sp³-hybridized carbons (Fsp3) is 0.375. The van der Waals surface area contributed by atoms with Crippen molar-refractivity contribution in [2.24, 2.45) is 0 Å². The molecule has 0 fully saturated rings. The van der Waals surface area contributed by atoms with Crippen LogP contribution in [0.3, 0.4) is 0 Å². The van der Waals surface area contributed by atoms with E-state index < -0.39 is 11.7 Å². The Morgan fingerprint density at radius 3 is 2.03 bits per heavy atom. The second-order valence-corrected chi connectivity index (χ2v) is 8.14. The van der Waals surface area contributed by atoms with Crippen LogP contribution in [0.25, 0.3) is 0 Å². The molecule has 0 heterocycles. The number of hydrogen-bond acceptors (Lipinski definition) is 6. The summed E-state index contributed by atoms with van der Waals surface area (Å²) in [6.07, 6.45) is -0.424. The lowest BCUT2D eigenvalue weighted by molar-refractivity contribution is -0.121. The van der Waals surface area contributed by atoms with Gasteiger partial charge in [0.05, 0.1) is 14.2 Å². The van der Waals surface area contributed by atoms with Crippen molar-refractivity contribution >= 4 is 23.6 Å². The molecule has 2 aromatic carbocycles. The lowest BCUT2D eigenvalue weighted by Gasteiger charge is -2.19. The SMILES string of the molecule is COc1cccc(OC)c1C(=O)Nc1ccc(CNC(=O)CCNC(=O)OC(C)(C)C)cc1. The van der Waals surface area contributed by atoms with Crippen molar-refractivity contribution < 1.29 is 28.6 Å². The van der Waals surface area contributed by atoms with Crippen LogP contribution >= 0.6 is 0 Å². The summed E-state index contributed by atoms with van der Waals surface area (Å²) in [5.74, 6) is 0.259.